The Kier molecular flexibility index (Phi) is 13.5. The molecular formula is C45H44N6O6. The van der Waals surface area contributed by atoms with E-state index in [9.17, 15) is 14.4 Å². The van der Waals surface area contributed by atoms with E-state index < -0.39 is 30.4 Å². The van der Waals surface area contributed by atoms with Crippen molar-refractivity contribution < 1.29 is 28.7 Å². The number of hydrogen-bond acceptors (Lipinski definition) is 7. The molecule has 0 aliphatic heterocycles. The van der Waals surface area contributed by atoms with Crippen molar-refractivity contribution in [2.45, 2.75) is 25.5 Å². The van der Waals surface area contributed by atoms with Crippen LogP contribution >= 0.6 is 0 Å². The van der Waals surface area contributed by atoms with Gasteiger partial charge in [-0.25, -0.2) is 5.48 Å². The maximum Gasteiger partial charge on any atom is 0.274 e. The van der Waals surface area contributed by atoms with Crippen LogP contribution in [0.5, 0.6) is 11.5 Å². The van der Waals surface area contributed by atoms with Crippen molar-refractivity contribution in [1.29, 1.82) is 0 Å². The van der Waals surface area contributed by atoms with Crippen LogP contribution in [0.25, 0.3) is 32.7 Å². The summed E-state index contributed by atoms with van der Waals surface area (Å²) in [6.07, 6.45) is 2.29. The lowest BCUT2D eigenvalue weighted by molar-refractivity contribution is -0.128. The average molecular weight is 765 g/mol. The predicted molar refractivity (Wildman–Crippen MR) is 224 cm³/mol. The molecule has 12 heteroatoms. The number of nitrogens with two attached hydrogens (primary N) is 2. The van der Waals surface area contributed by atoms with Gasteiger partial charge in [-0.1, -0.05) is 110 Å². The van der Waals surface area contributed by atoms with E-state index in [1.54, 1.807) is 24.3 Å². The molecule has 290 valence electrons. The molecule has 0 aromatic heterocycles. The van der Waals surface area contributed by atoms with Crippen molar-refractivity contribution in [2.24, 2.45) is 16.5 Å². The minimum absolute atomic E-state index is 0.0771. The Morgan fingerprint density at radius 2 is 1.40 bits per heavy atom. The second-order valence-corrected chi connectivity index (χ2v) is 13.1. The zero-order valence-electron chi connectivity index (χ0n) is 31.3. The molecule has 6 aromatic rings. The second kappa shape index (κ2) is 19.4. The normalized spacial score (nSPS) is 11.3. The third kappa shape index (κ3) is 10.5. The van der Waals surface area contributed by atoms with E-state index in [-0.39, 0.29) is 31.1 Å². The van der Waals surface area contributed by atoms with E-state index in [2.05, 4.69) is 27.7 Å². The number of rotatable bonds is 18. The topological polar surface area (TPSA) is 179 Å². The van der Waals surface area contributed by atoms with Gasteiger partial charge in [0, 0.05) is 28.9 Å². The summed E-state index contributed by atoms with van der Waals surface area (Å²) in [4.78, 5) is 49.5. The number of hydroxylamine groups is 1. The number of fused-ring (bicyclic) bond motifs is 2. The van der Waals surface area contributed by atoms with Crippen LogP contribution < -0.4 is 37.1 Å². The van der Waals surface area contributed by atoms with Gasteiger partial charge in [-0.15, -0.1) is 0 Å². The summed E-state index contributed by atoms with van der Waals surface area (Å²) in [6, 6.07) is 38.4. The van der Waals surface area contributed by atoms with Crippen LogP contribution in [0.4, 0.5) is 5.69 Å². The first-order valence-corrected chi connectivity index (χ1v) is 18.4. The van der Waals surface area contributed by atoms with E-state index in [1.165, 1.54) is 6.07 Å². The summed E-state index contributed by atoms with van der Waals surface area (Å²) in [5.74, 6) is -0.500. The van der Waals surface area contributed by atoms with E-state index in [0.29, 0.717) is 30.2 Å². The van der Waals surface area contributed by atoms with Gasteiger partial charge in [-0.05, 0) is 70.3 Å². The summed E-state index contributed by atoms with van der Waals surface area (Å²) in [7, 11) is 0. The van der Waals surface area contributed by atoms with Gasteiger partial charge >= 0.3 is 0 Å². The number of guanidine groups is 1. The molecule has 57 heavy (non-hydrogen) atoms. The SMILES string of the molecule is C=CCOc1ccc2ccccc2c1-c1c(OCC(=O)N[C@H](CCCN=C(N)N)C(=O)Nc2cccc(C(=O)NOCc3ccccc3)c2)ccc2ccccc12. The van der Waals surface area contributed by atoms with Gasteiger partial charge < -0.3 is 31.6 Å². The molecule has 3 amide bonds. The number of carbonyl (C=O) groups excluding carboxylic acids is 3. The molecule has 1 atom stereocenters. The molecule has 0 radical (unpaired) electrons. The molecule has 0 fully saturated rings. The Labute approximate surface area is 330 Å². The molecule has 6 aromatic carbocycles. The summed E-state index contributed by atoms with van der Waals surface area (Å²) in [6.45, 7) is 4.15. The lowest BCUT2D eigenvalue weighted by Gasteiger charge is -2.21. The predicted octanol–water partition coefficient (Wildman–Crippen LogP) is 6.64. The highest BCUT2D eigenvalue weighted by molar-refractivity contribution is 6.10. The van der Waals surface area contributed by atoms with Crippen LogP contribution in [-0.2, 0) is 21.0 Å². The lowest BCUT2D eigenvalue weighted by atomic mass is 9.92. The first-order chi connectivity index (χ1) is 27.8. The first kappa shape index (κ1) is 39.5. The highest BCUT2D eigenvalue weighted by atomic mass is 16.6. The summed E-state index contributed by atoms with van der Waals surface area (Å²) >= 11 is 0. The monoisotopic (exact) mass is 764 g/mol. The summed E-state index contributed by atoms with van der Waals surface area (Å²) < 4.78 is 12.5. The van der Waals surface area contributed by atoms with E-state index in [1.807, 2.05) is 103 Å². The number of ether oxygens (including phenoxy) is 2. The molecule has 0 heterocycles. The number of nitrogens with zero attached hydrogens (tertiary/aromatic N) is 1. The van der Waals surface area contributed by atoms with Gasteiger partial charge in [-0.2, -0.15) is 0 Å². The van der Waals surface area contributed by atoms with Crippen LogP contribution in [0.1, 0.15) is 28.8 Å². The molecule has 0 saturated heterocycles. The molecule has 0 spiro atoms. The zero-order chi connectivity index (χ0) is 40.0. The third-order valence-corrected chi connectivity index (χ3v) is 8.98. The second-order valence-electron chi connectivity index (χ2n) is 13.1. The molecule has 0 aliphatic carbocycles. The van der Waals surface area contributed by atoms with Gasteiger partial charge in [0.05, 0.1) is 6.61 Å². The van der Waals surface area contributed by atoms with Crippen molar-refractivity contribution in [1.82, 2.24) is 10.8 Å². The smallest absolute Gasteiger partial charge is 0.274 e. The number of anilines is 1. The minimum atomic E-state index is -0.991. The first-order valence-electron chi connectivity index (χ1n) is 18.4. The molecule has 12 nitrogen and oxygen atoms in total. The number of hydrogen-bond donors (Lipinski definition) is 5. The number of carbonyl (C=O) groups is 3. The number of amides is 3. The number of aliphatic imine (C=N–C) groups is 1. The quantitative estimate of drug-likeness (QED) is 0.0212. The standard InChI is InChI=1S/C45H44N6O6/c1-2-26-55-38-23-21-31-14-6-8-18-35(31)41(38)42-36-19-9-7-15-32(36)22-24-39(42)56-29-40(52)50-37(20-11-25-48-45(46)47)44(54)49-34-17-10-16-33(27-34)43(53)51-57-28-30-12-4-3-5-13-30/h2-10,12-19,21-24,27,37H,1,11,20,25-26,28-29H2,(H,49,54)(H,50,52)(H,51,53)(H4,46,47,48)/t37-/m1/s1. The maximum atomic E-state index is 13.7. The van der Waals surface area contributed by atoms with Crippen molar-refractivity contribution in [3.8, 4) is 22.6 Å². The van der Waals surface area contributed by atoms with Gasteiger partial charge in [-0.3, -0.25) is 24.2 Å². The van der Waals surface area contributed by atoms with Crippen LogP contribution in [0.3, 0.4) is 0 Å². The van der Waals surface area contributed by atoms with Crippen LogP contribution in [-0.4, -0.2) is 49.5 Å². The maximum absolute atomic E-state index is 13.7. The van der Waals surface area contributed by atoms with Crippen molar-refractivity contribution >= 4 is 50.9 Å². The van der Waals surface area contributed by atoms with Gasteiger partial charge in [0.25, 0.3) is 11.8 Å². The summed E-state index contributed by atoms with van der Waals surface area (Å²) in [5.41, 5.74) is 16.5. The molecule has 6 rings (SSSR count). The Bertz CT molecular complexity index is 2400. The third-order valence-electron chi connectivity index (χ3n) is 8.98. The van der Waals surface area contributed by atoms with E-state index in [4.69, 9.17) is 25.8 Å². The van der Waals surface area contributed by atoms with Crippen LogP contribution in [0, 0.1) is 0 Å². The van der Waals surface area contributed by atoms with Gasteiger partial charge in [0.15, 0.2) is 12.6 Å². The van der Waals surface area contributed by atoms with Crippen LogP contribution in [0.15, 0.2) is 145 Å². The fraction of sp³-hybridized carbons (Fsp3) is 0.156. The largest absolute Gasteiger partial charge is 0.489 e. The highest BCUT2D eigenvalue weighted by Gasteiger charge is 2.23. The Morgan fingerprint density at radius 1 is 0.754 bits per heavy atom. The highest BCUT2D eigenvalue weighted by Crippen LogP contribution is 2.45. The van der Waals surface area contributed by atoms with Gasteiger partial charge in [0.2, 0.25) is 5.91 Å². The van der Waals surface area contributed by atoms with Crippen molar-refractivity contribution in [3.05, 3.63) is 151 Å². The van der Waals surface area contributed by atoms with E-state index >= 15 is 0 Å². The number of benzene rings is 6. The Hall–Kier alpha value is -7.18. The summed E-state index contributed by atoms with van der Waals surface area (Å²) in [5, 5.41) is 9.48. The fourth-order valence-electron chi connectivity index (χ4n) is 6.35. The molecule has 0 saturated carbocycles. The Balaban J connectivity index is 1.19. The van der Waals surface area contributed by atoms with Crippen molar-refractivity contribution in [3.63, 3.8) is 0 Å². The van der Waals surface area contributed by atoms with Crippen LogP contribution in [0.2, 0.25) is 0 Å². The molecular weight excluding hydrogens is 721 g/mol. The van der Waals surface area contributed by atoms with Crippen molar-refractivity contribution in [2.75, 3.05) is 25.1 Å². The zero-order valence-corrected chi connectivity index (χ0v) is 31.3. The molecule has 7 N–H and O–H groups in total. The van der Waals surface area contributed by atoms with Gasteiger partial charge in [0.1, 0.15) is 24.1 Å². The molecule has 0 unspecified atom stereocenters. The fourth-order valence-corrected chi connectivity index (χ4v) is 6.35. The van der Waals surface area contributed by atoms with E-state index in [0.717, 1.165) is 38.2 Å². The minimum Gasteiger partial charge on any atom is -0.489 e. The average Bonchev–Trinajstić information content (AvgIpc) is 3.23. The number of nitrogens with one attached hydrogen (secondary N) is 3. The molecule has 0 aliphatic rings. The lowest BCUT2D eigenvalue weighted by Crippen LogP contribution is -2.45. The Morgan fingerprint density at radius 3 is 2.07 bits per heavy atom. The molecule has 0 bridgehead atoms.